The Balaban J connectivity index is 2.04. The van der Waals surface area contributed by atoms with Gasteiger partial charge in [0, 0.05) is 24.2 Å². The molecule has 0 saturated carbocycles. The first-order valence-electron chi connectivity index (χ1n) is 9.63. The SMILES string of the molecule is CN(C)Cc1cccc(C#Cc2ccccc2OCC(O)CNC(C)(C)C)c1. The van der Waals surface area contributed by atoms with E-state index >= 15 is 0 Å². The molecule has 0 aliphatic rings. The van der Waals surface area contributed by atoms with Crippen LogP contribution in [-0.2, 0) is 6.54 Å². The number of ether oxygens (including phenoxy) is 1. The van der Waals surface area contributed by atoms with Gasteiger partial charge in [-0.3, -0.25) is 0 Å². The lowest BCUT2D eigenvalue weighted by atomic mass is 10.1. The van der Waals surface area contributed by atoms with Crippen LogP contribution >= 0.6 is 0 Å². The Morgan fingerprint density at radius 1 is 1.07 bits per heavy atom. The number of aliphatic hydroxyl groups excluding tert-OH is 1. The molecule has 2 N–H and O–H groups in total. The number of β-amino-alcohol motifs (C(OH)–C–C–N with tert-alkyl or cyclic N) is 1. The fraction of sp³-hybridized carbons (Fsp3) is 0.417. The van der Waals surface area contributed by atoms with Crippen molar-refractivity contribution in [2.45, 2.75) is 39.0 Å². The minimum atomic E-state index is -0.581. The summed E-state index contributed by atoms with van der Waals surface area (Å²) in [5.41, 5.74) is 2.99. The monoisotopic (exact) mass is 380 g/mol. The van der Waals surface area contributed by atoms with Crippen molar-refractivity contribution in [2.75, 3.05) is 27.2 Å². The van der Waals surface area contributed by atoms with Crippen molar-refractivity contribution >= 4 is 0 Å². The van der Waals surface area contributed by atoms with Crippen LogP contribution in [0.3, 0.4) is 0 Å². The first-order chi connectivity index (χ1) is 13.2. The molecule has 4 nitrogen and oxygen atoms in total. The van der Waals surface area contributed by atoms with Gasteiger partial charge >= 0.3 is 0 Å². The fourth-order valence-corrected chi connectivity index (χ4v) is 2.62. The predicted molar refractivity (Wildman–Crippen MR) is 116 cm³/mol. The number of hydrogen-bond donors (Lipinski definition) is 2. The van der Waals surface area contributed by atoms with Gasteiger partial charge in [-0.2, -0.15) is 0 Å². The molecule has 0 bridgehead atoms. The maximum absolute atomic E-state index is 10.1. The van der Waals surface area contributed by atoms with E-state index in [1.807, 2.05) is 36.4 Å². The van der Waals surface area contributed by atoms with Gasteiger partial charge in [-0.05, 0) is 64.7 Å². The average Bonchev–Trinajstić information content (AvgIpc) is 2.63. The van der Waals surface area contributed by atoms with E-state index in [1.54, 1.807) is 0 Å². The second-order valence-corrected chi connectivity index (χ2v) is 8.28. The van der Waals surface area contributed by atoms with E-state index < -0.39 is 6.10 Å². The summed E-state index contributed by atoms with van der Waals surface area (Å²) in [7, 11) is 4.11. The highest BCUT2D eigenvalue weighted by molar-refractivity contribution is 5.50. The van der Waals surface area contributed by atoms with Crippen LogP contribution < -0.4 is 10.1 Å². The largest absolute Gasteiger partial charge is 0.490 e. The molecule has 2 aromatic carbocycles. The summed E-state index contributed by atoms with van der Waals surface area (Å²) in [6, 6.07) is 15.9. The van der Waals surface area contributed by atoms with Crippen molar-refractivity contribution in [2.24, 2.45) is 0 Å². The van der Waals surface area contributed by atoms with E-state index in [0.29, 0.717) is 12.3 Å². The molecule has 0 aliphatic carbocycles. The zero-order valence-electron chi connectivity index (χ0n) is 17.6. The Kier molecular flexibility index (Phi) is 8.07. The van der Waals surface area contributed by atoms with Gasteiger partial charge in [0.15, 0.2) is 0 Å². The minimum Gasteiger partial charge on any atom is -0.490 e. The zero-order chi connectivity index (χ0) is 20.6. The molecule has 150 valence electrons. The van der Waals surface area contributed by atoms with E-state index in [-0.39, 0.29) is 12.1 Å². The van der Waals surface area contributed by atoms with Gasteiger partial charge in [-0.15, -0.1) is 0 Å². The van der Waals surface area contributed by atoms with Gasteiger partial charge in [0.1, 0.15) is 18.5 Å². The molecule has 0 heterocycles. The van der Waals surface area contributed by atoms with Crippen LogP contribution in [0.25, 0.3) is 0 Å². The van der Waals surface area contributed by atoms with Crippen LogP contribution in [0, 0.1) is 11.8 Å². The van der Waals surface area contributed by atoms with Gasteiger partial charge in [0.05, 0.1) is 5.56 Å². The Hall–Kier alpha value is -2.32. The van der Waals surface area contributed by atoms with Gasteiger partial charge in [-0.25, -0.2) is 0 Å². The first-order valence-corrected chi connectivity index (χ1v) is 9.63. The summed E-state index contributed by atoms with van der Waals surface area (Å²) in [5, 5.41) is 13.4. The van der Waals surface area contributed by atoms with Crippen LogP contribution in [-0.4, -0.2) is 48.9 Å². The Morgan fingerprint density at radius 2 is 1.82 bits per heavy atom. The maximum atomic E-state index is 10.1. The van der Waals surface area contributed by atoms with Crippen molar-refractivity contribution in [3.63, 3.8) is 0 Å². The van der Waals surface area contributed by atoms with Gasteiger partial charge in [0.25, 0.3) is 0 Å². The summed E-state index contributed by atoms with van der Waals surface area (Å²) in [5.74, 6) is 7.12. The van der Waals surface area contributed by atoms with E-state index in [1.165, 1.54) is 5.56 Å². The number of rotatable bonds is 7. The fourth-order valence-electron chi connectivity index (χ4n) is 2.62. The Bertz CT molecular complexity index is 813. The molecule has 2 aromatic rings. The number of nitrogens with zero attached hydrogens (tertiary/aromatic N) is 1. The summed E-state index contributed by atoms with van der Waals surface area (Å²) in [4.78, 5) is 2.13. The maximum Gasteiger partial charge on any atom is 0.135 e. The van der Waals surface area contributed by atoms with E-state index in [0.717, 1.165) is 17.7 Å². The van der Waals surface area contributed by atoms with E-state index in [9.17, 15) is 5.11 Å². The third-order valence-corrected chi connectivity index (χ3v) is 3.95. The van der Waals surface area contributed by atoms with Crippen LogP contribution in [0.1, 0.15) is 37.5 Å². The lowest BCUT2D eigenvalue weighted by Crippen LogP contribution is -2.42. The molecule has 0 spiro atoms. The average molecular weight is 381 g/mol. The molecular weight excluding hydrogens is 348 g/mol. The minimum absolute atomic E-state index is 0.0362. The summed E-state index contributed by atoms with van der Waals surface area (Å²) < 4.78 is 5.83. The topological polar surface area (TPSA) is 44.7 Å². The molecule has 0 aromatic heterocycles. The van der Waals surface area contributed by atoms with Crippen LogP contribution in [0.5, 0.6) is 5.75 Å². The number of benzene rings is 2. The number of aliphatic hydroxyl groups is 1. The normalized spacial score (nSPS) is 12.4. The lowest BCUT2D eigenvalue weighted by Gasteiger charge is -2.23. The van der Waals surface area contributed by atoms with Crippen molar-refractivity contribution in [3.05, 3.63) is 65.2 Å². The van der Waals surface area contributed by atoms with Crippen molar-refractivity contribution in [1.29, 1.82) is 0 Å². The van der Waals surface area contributed by atoms with Crippen LogP contribution in [0.4, 0.5) is 0 Å². The van der Waals surface area contributed by atoms with Crippen LogP contribution in [0.15, 0.2) is 48.5 Å². The Morgan fingerprint density at radius 3 is 2.54 bits per heavy atom. The second-order valence-electron chi connectivity index (χ2n) is 8.28. The zero-order valence-corrected chi connectivity index (χ0v) is 17.6. The van der Waals surface area contributed by atoms with Gasteiger partial charge in [0.2, 0.25) is 0 Å². The van der Waals surface area contributed by atoms with Crippen LogP contribution in [0.2, 0.25) is 0 Å². The predicted octanol–water partition coefficient (Wildman–Crippen LogP) is 3.28. The molecule has 1 unspecified atom stereocenters. The van der Waals surface area contributed by atoms with E-state index in [4.69, 9.17) is 4.74 Å². The highest BCUT2D eigenvalue weighted by Gasteiger charge is 2.13. The standard InChI is InChI=1S/C24H32N2O2/c1-24(2,3)25-16-22(27)18-28-23-12-7-6-11-21(23)14-13-19-9-8-10-20(15-19)17-26(4)5/h6-12,15,22,25,27H,16-18H2,1-5H3. The molecule has 0 radical (unpaired) electrons. The molecule has 28 heavy (non-hydrogen) atoms. The quantitative estimate of drug-likeness (QED) is 0.724. The number of nitrogens with one attached hydrogen (secondary N) is 1. The lowest BCUT2D eigenvalue weighted by molar-refractivity contribution is 0.0999. The number of para-hydroxylation sites is 1. The molecule has 0 aliphatic heterocycles. The molecule has 2 rings (SSSR count). The third kappa shape index (κ3) is 8.14. The van der Waals surface area contributed by atoms with Gasteiger partial charge in [-0.1, -0.05) is 36.1 Å². The molecule has 1 atom stereocenters. The van der Waals surface area contributed by atoms with Crippen molar-refractivity contribution < 1.29 is 9.84 Å². The molecular formula is C24H32N2O2. The number of hydrogen-bond acceptors (Lipinski definition) is 4. The molecule has 0 saturated heterocycles. The first kappa shape index (κ1) is 22.0. The highest BCUT2D eigenvalue weighted by Crippen LogP contribution is 2.17. The summed E-state index contributed by atoms with van der Waals surface area (Å²) >= 11 is 0. The summed E-state index contributed by atoms with van der Waals surface area (Å²) in [6.07, 6.45) is -0.581. The smallest absolute Gasteiger partial charge is 0.135 e. The van der Waals surface area contributed by atoms with Crippen molar-refractivity contribution in [1.82, 2.24) is 10.2 Å². The Labute approximate surface area is 169 Å². The summed E-state index contributed by atoms with van der Waals surface area (Å²) in [6.45, 7) is 7.79. The molecule has 0 fully saturated rings. The van der Waals surface area contributed by atoms with Crippen molar-refractivity contribution in [3.8, 4) is 17.6 Å². The highest BCUT2D eigenvalue weighted by atomic mass is 16.5. The third-order valence-electron chi connectivity index (χ3n) is 3.95. The molecule has 4 heteroatoms. The second kappa shape index (κ2) is 10.3. The van der Waals surface area contributed by atoms with Gasteiger partial charge < -0.3 is 20.1 Å². The molecule has 0 amide bonds. The van der Waals surface area contributed by atoms with E-state index in [2.05, 4.69) is 69.1 Å².